The van der Waals surface area contributed by atoms with Gasteiger partial charge in [-0.1, -0.05) is 0 Å². The van der Waals surface area contributed by atoms with Gasteiger partial charge < -0.3 is 15.4 Å². The topological polar surface area (TPSA) is 89.3 Å². The summed E-state index contributed by atoms with van der Waals surface area (Å²) in [6.45, 7) is 3.79. The number of hydrogen-bond donors (Lipinski definition) is 2. The molecule has 0 spiro atoms. The molecule has 0 saturated carbocycles. The molecule has 5 aromatic rings. The average Bonchev–Trinajstić information content (AvgIpc) is 3.45. The summed E-state index contributed by atoms with van der Waals surface area (Å²) in [6.07, 6.45) is 4.97. The highest BCUT2D eigenvalue weighted by atomic mass is 32.1. The number of anilines is 2. The van der Waals surface area contributed by atoms with Gasteiger partial charge in [0, 0.05) is 35.9 Å². The summed E-state index contributed by atoms with van der Waals surface area (Å²) in [4.78, 5) is 15.5. The average molecular weight is 415 g/mol. The molecular formula is C21H17N7OS. The van der Waals surface area contributed by atoms with Gasteiger partial charge in [-0.2, -0.15) is 5.10 Å². The fourth-order valence-electron chi connectivity index (χ4n) is 3.73. The van der Waals surface area contributed by atoms with Crippen molar-refractivity contribution in [2.45, 2.75) is 20.0 Å². The quantitative estimate of drug-likeness (QED) is 0.455. The van der Waals surface area contributed by atoms with E-state index in [4.69, 9.17) is 4.74 Å². The zero-order valence-corrected chi connectivity index (χ0v) is 16.9. The van der Waals surface area contributed by atoms with Crippen LogP contribution in [0.2, 0.25) is 0 Å². The van der Waals surface area contributed by atoms with E-state index in [2.05, 4.69) is 36.8 Å². The minimum Gasteiger partial charge on any atom is -0.457 e. The second-order valence-corrected chi connectivity index (χ2v) is 8.23. The molecular weight excluding hydrogens is 398 g/mol. The summed E-state index contributed by atoms with van der Waals surface area (Å²) >= 11 is 1.73. The molecule has 6 rings (SSSR count). The molecule has 0 unspecified atom stereocenters. The van der Waals surface area contributed by atoms with E-state index in [-0.39, 0.29) is 0 Å². The van der Waals surface area contributed by atoms with Gasteiger partial charge in [-0.05, 0) is 42.3 Å². The molecule has 8 nitrogen and oxygen atoms in total. The van der Waals surface area contributed by atoms with E-state index in [1.54, 1.807) is 22.2 Å². The van der Waals surface area contributed by atoms with E-state index in [0.717, 1.165) is 57.5 Å². The molecule has 1 aromatic carbocycles. The number of aryl methyl sites for hydroxylation is 1. The van der Waals surface area contributed by atoms with E-state index < -0.39 is 0 Å². The van der Waals surface area contributed by atoms with Gasteiger partial charge in [-0.3, -0.25) is 0 Å². The predicted molar refractivity (Wildman–Crippen MR) is 115 cm³/mol. The van der Waals surface area contributed by atoms with Crippen LogP contribution in [0.3, 0.4) is 0 Å². The van der Waals surface area contributed by atoms with E-state index in [1.807, 2.05) is 37.4 Å². The van der Waals surface area contributed by atoms with Crippen LogP contribution in [-0.4, -0.2) is 24.6 Å². The van der Waals surface area contributed by atoms with Crippen molar-refractivity contribution in [3.05, 3.63) is 65.2 Å². The molecule has 0 fully saturated rings. The standard InChI is InChI=1S/C21H17N7OS/c1-12-6-13(2-3-16(12)29-14-4-5-28-18(7-14)23-11-26-28)27-20-19-15-8-22-9-17(15)30-21(19)25-10-24-20/h2-7,10-11,22H,8-9H2,1H3,(H,24,25,27). The Hall–Kier alpha value is -3.56. The lowest BCUT2D eigenvalue weighted by Crippen LogP contribution is -2.02. The van der Waals surface area contributed by atoms with Crippen molar-refractivity contribution in [3.8, 4) is 11.5 Å². The molecule has 148 valence electrons. The van der Waals surface area contributed by atoms with Gasteiger partial charge in [0.05, 0.1) is 5.39 Å². The molecule has 1 aliphatic rings. The predicted octanol–water partition coefficient (Wildman–Crippen LogP) is 4.18. The lowest BCUT2D eigenvalue weighted by molar-refractivity contribution is 0.478. The summed E-state index contributed by atoms with van der Waals surface area (Å²) in [6, 6.07) is 9.75. The number of hydrogen-bond acceptors (Lipinski definition) is 8. The summed E-state index contributed by atoms with van der Waals surface area (Å²) in [5, 5.41) is 12.1. The van der Waals surface area contributed by atoms with Crippen LogP contribution in [0.4, 0.5) is 11.5 Å². The van der Waals surface area contributed by atoms with E-state index >= 15 is 0 Å². The third kappa shape index (κ3) is 2.87. The molecule has 5 heterocycles. The number of aromatic nitrogens is 5. The van der Waals surface area contributed by atoms with Crippen molar-refractivity contribution in [1.29, 1.82) is 0 Å². The fourth-order valence-corrected chi connectivity index (χ4v) is 4.85. The number of benzene rings is 1. The Morgan fingerprint density at radius 2 is 2.07 bits per heavy atom. The number of nitrogens with one attached hydrogen (secondary N) is 2. The van der Waals surface area contributed by atoms with Gasteiger partial charge in [-0.15, -0.1) is 11.3 Å². The van der Waals surface area contributed by atoms with Crippen LogP contribution < -0.4 is 15.4 Å². The van der Waals surface area contributed by atoms with Crippen molar-refractivity contribution >= 4 is 38.7 Å². The normalized spacial score (nSPS) is 13.1. The largest absolute Gasteiger partial charge is 0.457 e. The number of ether oxygens (including phenoxy) is 1. The van der Waals surface area contributed by atoms with E-state index in [0.29, 0.717) is 0 Å². The molecule has 0 bridgehead atoms. The molecule has 2 N–H and O–H groups in total. The van der Waals surface area contributed by atoms with Crippen molar-refractivity contribution in [2.75, 3.05) is 5.32 Å². The van der Waals surface area contributed by atoms with Gasteiger partial charge >= 0.3 is 0 Å². The highest BCUT2D eigenvalue weighted by Crippen LogP contribution is 2.37. The smallest absolute Gasteiger partial charge is 0.158 e. The maximum absolute atomic E-state index is 6.07. The van der Waals surface area contributed by atoms with Gasteiger partial charge in [-0.25, -0.2) is 19.5 Å². The molecule has 9 heteroatoms. The Bertz CT molecular complexity index is 1410. The van der Waals surface area contributed by atoms with Crippen LogP contribution in [-0.2, 0) is 13.1 Å². The van der Waals surface area contributed by atoms with Crippen molar-refractivity contribution < 1.29 is 4.74 Å². The SMILES string of the molecule is Cc1cc(Nc2ncnc3sc4c(c23)CNC4)ccc1Oc1ccn2ncnc2c1. The molecule has 0 aliphatic carbocycles. The maximum Gasteiger partial charge on any atom is 0.158 e. The number of pyridine rings is 1. The first-order valence-electron chi connectivity index (χ1n) is 9.55. The van der Waals surface area contributed by atoms with Crippen LogP contribution in [0.5, 0.6) is 11.5 Å². The van der Waals surface area contributed by atoms with Crippen molar-refractivity contribution in [2.24, 2.45) is 0 Å². The van der Waals surface area contributed by atoms with Crippen molar-refractivity contribution in [1.82, 2.24) is 29.9 Å². The van der Waals surface area contributed by atoms with Gasteiger partial charge in [0.15, 0.2) is 5.65 Å². The van der Waals surface area contributed by atoms with Crippen LogP contribution in [0.1, 0.15) is 16.0 Å². The van der Waals surface area contributed by atoms with Crippen LogP contribution in [0, 0.1) is 6.92 Å². The third-order valence-electron chi connectivity index (χ3n) is 5.18. The first-order chi connectivity index (χ1) is 14.7. The summed E-state index contributed by atoms with van der Waals surface area (Å²) in [5.41, 5.74) is 4.02. The first kappa shape index (κ1) is 17.3. The van der Waals surface area contributed by atoms with Crippen LogP contribution >= 0.6 is 11.3 Å². The highest BCUT2D eigenvalue weighted by molar-refractivity contribution is 7.19. The van der Waals surface area contributed by atoms with E-state index in [1.165, 1.54) is 16.8 Å². The zero-order chi connectivity index (χ0) is 20.1. The summed E-state index contributed by atoms with van der Waals surface area (Å²) in [7, 11) is 0. The number of fused-ring (bicyclic) bond motifs is 4. The minimum atomic E-state index is 0.721. The van der Waals surface area contributed by atoms with Crippen LogP contribution in [0.25, 0.3) is 15.9 Å². The minimum absolute atomic E-state index is 0.721. The lowest BCUT2D eigenvalue weighted by atomic mass is 10.1. The van der Waals surface area contributed by atoms with E-state index in [9.17, 15) is 0 Å². The molecule has 0 atom stereocenters. The van der Waals surface area contributed by atoms with Crippen LogP contribution in [0.15, 0.2) is 49.2 Å². The van der Waals surface area contributed by atoms with Crippen molar-refractivity contribution in [3.63, 3.8) is 0 Å². The molecule has 1 aliphatic heterocycles. The monoisotopic (exact) mass is 415 g/mol. The third-order valence-corrected chi connectivity index (χ3v) is 6.32. The Morgan fingerprint density at radius 1 is 1.10 bits per heavy atom. The molecule has 0 saturated heterocycles. The number of thiophene rings is 1. The fraction of sp³-hybridized carbons (Fsp3) is 0.143. The van der Waals surface area contributed by atoms with Gasteiger partial charge in [0.1, 0.15) is 34.8 Å². The Morgan fingerprint density at radius 3 is 3.00 bits per heavy atom. The first-order valence-corrected chi connectivity index (χ1v) is 10.4. The van der Waals surface area contributed by atoms with Gasteiger partial charge in [0.25, 0.3) is 0 Å². The summed E-state index contributed by atoms with van der Waals surface area (Å²) in [5.74, 6) is 2.35. The Labute approximate surface area is 175 Å². The number of rotatable bonds is 4. The second-order valence-electron chi connectivity index (χ2n) is 7.14. The molecule has 4 aromatic heterocycles. The molecule has 0 amide bonds. The lowest BCUT2D eigenvalue weighted by Gasteiger charge is -2.12. The Kier molecular flexibility index (Phi) is 3.90. The number of nitrogens with zero attached hydrogens (tertiary/aromatic N) is 5. The van der Waals surface area contributed by atoms with Gasteiger partial charge in [0.2, 0.25) is 0 Å². The molecule has 30 heavy (non-hydrogen) atoms. The molecule has 0 radical (unpaired) electrons. The maximum atomic E-state index is 6.07. The second kappa shape index (κ2) is 6.75. The zero-order valence-electron chi connectivity index (χ0n) is 16.1. The Balaban J connectivity index is 1.29. The summed E-state index contributed by atoms with van der Waals surface area (Å²) < 4.78 is 7.77. The highest BCUT2D eigenvalue weighted by Gasteiger charge is 2.21.